The highest BCUT2D eigenvalue weighted by molar-refractivity contribution is 9.10. The molecule has 3 aromatic rings. The fourth-order valence-corrected chi connectivity index (χ4v) is 5.57. The minimum Gasteiger partial charge on any atom is -0.367 e. The average molecular weight is 555 g/mol. The molecule has 0 radical (unpaired) electrons. The van der Waals surface area contributed by atoms with Gasteiger partial charge in [-0.05, 0) is 59.7 Å². The van der Waals surface area contributed by atoms with Crippen LogP contribution in [0.5, 0.6) is 0 Å². The van der Waals surface area contributed by atoms with Crippen LogP contribution in [0.15, 0.2) is 35.5 Å². The average Bonchev–Trinajstić information content (AvgIpc) is 3.47. The van der Waals surface area contributed by atoms with Crippen LogP contribution in [0.4, 0.5) is 5.82 Å². The number of nitrogens with two attached hydrogens (primary N) is 1. The van der Waals surface area contributed by atoms with E-state index >= 15 is 0 Å². The number of thiophene rings is 1. The summed E-state index contributed by atoms with van der Waals surface area (Å²) in [5.41, 5.74) is 1.43. The van der Waals surface area contributed by atoms with Gasteiger partial charge in [-0.25, -0.2) is 15.1 Å². The number of nitrogens with one attached hydrogen (secondary N) is 1. The Hall–Kier alpha value is -2.19. The van der Waals surface area contributed by atoms with Gasteiger partial charge in [-0.1, -0.05) is 0 Å². The SMILES string of the molecule is Cc1sc(C(=O)c2cncnc2N[C@H]2CC[C@@H](COS(N)(=O)=O)C2)cc1Cn1cc(Br)cn1. The van der Waals surface area contributed by atoms with E-state index < -0.39 is 10.3 Å². The number of hydrogen-bond acceptors (Lipinski definition) is 9. The van der Waals surface area contributed by atoms with Gasteiger partial charge in [0.1, 0.15) is 12.1 Å². The van der Waals surface area contributed by atoms with Crippen molar-refractivity contribution in [2.45, 2.75) is 38.8 Å². The summed E-state index contributed by atoms with van der Waals surface area (Å²) in [4.78, 5) is 23.3. The van der Waals surface area contributed by atoms with Crippen molar-refractivity contribution in [3.05, 3.63) is 56.3 Å². The van der Waals surface area contributed by atoms with Crippen molar-refractivity contribution < 1.29 is 17.4 Å². The lowest BCUT2D eigenvalue weighted by molar-refractivity contribution is 0.104. The zero-order valence-corrected chi connectivity index (χ0v) is 21.0. The van der Waals surface area contributed by atoms with Crippen molar-refractivity contribution in [1.29, 1.82) is 0 Å². The van der Waals surface area contributed by atoms with Crippen LogP contribution in [0, 0.1) is 12.8 Å². The Balaban J connectivity index is 1.45. The highest BCUT2D eigenvalue weighted by atomic mass is 79.9. The zero-order valence-electron chi connectivity index (χ0n) is 17.8. The molecule has 0 aromatic carbocycles. The molecule has 13 heteroatoms. The lowest BCUT2D eigenvalue weighted by Crippen LogP contribution is -2.22. The number of aromatic nitrogens is 4. The Morgan fingerprint density at radius 2 is 2.21 bits per heavy atom. The molecule has 1 saturated carbocycles. The molecule has 0 spiro atoms. The Morgan fingerprint density at radius 3 is 2.94 bits per heavy atom. The van der Waals surface area contributed by atoms with E-state index in [-0.39, 0.29) is 24.3 Å². The van der Waals surface area contributed by atoms with Crippen molar-refractivity contribution >= 4 is 49.2 Å². The minimum atomic E-state index is -3.95. The second kappa shape index (κ2) is 9.97. The fraction of sp³-hybridized carbons (Fsp3) is 0.400. The van der Waals surface area contributed by atoms with Crippen LogP contribution in [0.25, 0.3) is 0 Å². The third-order valence-corrected chi connectivity index (χ3v) is 7.45. The number of aryl methyl sites for hydroxylation is 1. The van der Waals surface area contributed by atoms with Gasteiger partial charge in [0.25, 0.3) is 0 Å². The Bertz CT molecular complexity index is 1260. The number of carbonyl (C=O) groups is 1. The van der Waals surface area contributed by atoms with Crippen molar-refractivity contribution in [2.75, 3.05) is 11.9 Å². The molecule has 3 aromatic heterocycles. The molecular formula is C20H23BrN6O4S2. The summed E-state index contributed by atoms with van der Waals surface area (Å²) in [6.07, 6.45) is 8.81. The first-order chi connectivity index (χ1) is 15.7. The number of ketones is 1. The van der Waals surface area contributed by atoms with Crippen LogP contribution in [-0.2, 0) is 21.0 Å². The molecule has 0 saturated heterocycles. The van der Waals surface area contributed by atoms with Gasteiger partial charge in [0.05, 0.1) is 34.3 Å². The molecule has 4 rings (SSSR count). The molecule has 1 aliphatic carbocycles. The van der Waals surface area contributed by atoms with Crippen LogP contribution in [0.1, 0.15) is 44.9 Å². The van der Waals surface area contributed by atoms with Crippen molar-refractivity contribution in [3.8, 4) is 0 Å². The topological polar surface area (TPSA) is 142 Å². The number of carbonyl (C=O) groups excluding carboxylic acids is 1. The van der Waals surface area contributed by atoms with Gasteiger partial charge in [-0.2, -0.15) is 13.5 Å². The molecule has 176 valence electrons. The third kappa shape index (κ3) is 6.23. The Kier molecular flexibility index (Phi) is 7.24. The van der Waals surface area contributed by atoms with E-state index in [4.69, 9.17) is 9.32 Å². The molecule has 3 heterocycles. The highest BCUT2D eigenvalue weighted by Crippen LogP contribution is 2.31. The largest absolute Gasteiger partial charge is 0.367 e. The molecular weight excluding hydrogens is 532 g/mol. The molecule has 3 N–H and O–H groups in total. The predicted octanol–water partition coefficient (Wildman–Crippen LogP) is 2.89. The van der Waals surface area contributed by atoms with E-state index in [9.17, 15) is 13.2 Å². The summed E-state index contributed by atoms with van der Waals surface area (Å²) in [7, 11) is -3.95. The Labute approximate surface area is 204 Å². The summed E-state index contributed by atoms with van der Waals surface area (Å²) in [5.74, 6) is 0.384. The minimum absolute atomic E-state index is 0.0411. The molecule has 0 bridgehead atoms. The Morgan fingerprint density at radius 1 is 1.39 bits per heavy atom. The molecule has 0 aliphatic heterocycles. The molecule has 2 atom stereocenters. The van der Waals surface area contributed by atoms with Crippen molar-refractivity contribution in [1.82, 2.24) is 19.7 Å². The molecule has 10 nitrogen and oxygen atoms in total. The maximum Gasteiger partial charge on any atom is 0.333 e. The standard InChI is InChI=1S/C20H23BrN6O4S2/c1-12-14(8-27-9-15(21)6-25-27)5-18(32-12)19(28)17-7-23-11-24-20(17)26-16-3-2-13(4-16)10-31-33(22,29)30/h5-7,9,11,13,16H,2-4,8,10H2,1H3,(H2,22,29,30)(H,23,24,26)/t13-,16+/m1/s1. The lowest BCUT2D eigenvalue weighted by atomic mass is 10.1. The van der Waals surface area contributed by atoms with Gasteiger partial charge in [0.2, 0.25) is 5.78 Å². The first kappa shape index (κ1) is 24.0. The third-order valence-electron chi connectivity index (χ3n) is 5.49. The van der Waals surface area contributed by atoms with E-state index in [1.807, 2.05) is 23.9 Å². The van der Waals surface area contributed by atoms with Crippen molar-refractivity contribution in [3.63, 3.8) is 0 Å². The predicted molar refractivity (Wildman–Crippen MR) is 127 cm³/mol. The first-order valence-electron chi connectivity index (χ1n) is 10.2. The number of rotatable bonds is 9. The van der Waals surface area contributed by atoms with Crippen LogP contribution in [-0.4, -0.2) is 46.6 Å². The highest BCUT2D eigenvalue weighted by Gasteiger charge is 2.28. The van der Waals surface area contributed by atoms with E-state index in [0.717, 1.165) is 27.8 Å². The van der Waals surface area contributed by atoms with Crippen LogP contribution < -0.4 is 10.5 Å². The quantitative estimate of drug-likeness (QED) is 0.384. The maximum absolute atomic E-state index is 13.3. The molecule has 1 aliphatic rings. The lowest BCUT2D eigenvalue weighted by Gasteiger charge is -2.15. The second-order valence-electron chi connectivity index (χ2n) is 7.96. The smallest absolute Gasteiger partial charge is 0.333 e. The van der Waals surface area contributed by atoms with Gasteiger partial charge in [0.15, 0.2) is 0 Å². The monoisotopic (exact) mass is 554 g/mol. The van der Waals surface area contributed by atoms with Gasteiger partial charge in [0, 0.05) is 23.3 Å². The van der Waals surface area contributed by atoms with Crippen molar-refractivity contribution in [2.24, 2.45) is 11.1 Å². The van der Waals surface area contributed by atoms with Crippen LogP contribution >= 0.6 is 27.3 Å². The zero-order chi connectivity index (χ0) is 23.6. The molecule has 1 fully saturated rings. The van der Waals surface area contributed by atoms with Crippen LogP contribution in [0.3, 0.4) is 0 Å². The molecule has 0 amide bonds. The van der Waals surface area contributed by atoms with Crippen LogP contribution in [0.2, 0.25) is 0 Å². The summed E-state index contributed by atoms with van der Waals surface area (Å²) in [6.45, 7) is 2.61. The van der Waals surface area contributed by atoms with E-state index in [0.29, 0.717) is 29.2 Å². The summed E-state index contributed by atoms with van der Waals surface area (Å²) in [6, 6.07) is 1.93. The van der Waals surface area contributed by atoms with E-state index in [1.54, 1.807) is 6.20 Å². The fourth-order valence-electron chi connectivity index (χ4n) is 3.87. The number of anilines is 1. The first-order valence-corrected chi connectivity index (χ1v) is 13.3. The number of nitrogens with zero attached hydrogens (tertiary/aromatic N) is 4. The van der Waals surface area contributed by atoms with E-state index in [1.165, 1.54) is 23.9 Å². The van der Waals surface area contributed by atoms with Gasteiger partial charge < -0.3 is 5.32 Å². The molecule has 33 heavy (non-hydrogen) atoms. The summed E-state index contributed by atoms with van der Waals surface area (Å²) in [5, 5.41) is 12.5. The second-order valence-corrected chi connectivity index (χ2v) is 11.4. The van der Waals surface area contributed by atoms with Gasteiger partial charge in [-0.15, -0.1) is 11.3 Å². The van der Waals surface area contributed by atoms with Gasteiger partial charge >= 0.3 is 10.3 Å². The summed E-state index contributed by atoms with van der Waals surface area (Å²) >= 11 is 4.83. The normalized spacial score (nSPS) is 18.5. The number of hydrogen-bond donors (Lipinski definition) is 2. The molecule has 0 unspecified atom stereocenters. The summed E-state index contributed by atoms with van der Waals surface area (Å²) < 4.78 is 29.5. The van der Waals surface area contributed by atoms with E-state index in [2.05, 4.69) is 36.3 Å². The van der Waals surface area contributed by atoms with Gasteiger partial charge in [-0.3, -0.25) is 13.7 Å². The maximum atomic E-state index is 13.3. The number of halogens is 1.